The second-order valence-electron chi connectivity index (χ2n) is 6.34. The Hall–Kier alpha value is -1.86. The first-order chi connectivity index (χ1) is 12.3. The molecule has 0 saturated carbocycles. The van der Waals surface area contributed by atoms with Crippen molar-refractivity contribution in [3.05, 3.63) is 59.1 Å². The Kier molecular flexibility index (Phi) is 7.23. The lowest BCUT2D eigenvalue weighted by Crippen LogP contribution is -2.41. The average Bonchev–Trinajstić information content (AvgIpc) is 2.60. The first-order valence-corrected chi connectivity index (χ1v) is 10.6. The largest absolute Gasteiger partial charge is 0.355 e. The molecule has 0 aliphatic carbocycles. The van der Waals surface area contributed by atoms with E-state index in [1.54, 1.807) is 42.5 Å². The Balaban J connectivity index is 2.30. The van der Waals surface area contributed by atoms with E-state index in [2.05, 4.69) is 35.1 Å². The van der Waals surface area contributed by atoms with E-state index in [1.807, 2.05) is 0 Å². The van der Waals surface area contributed by atoms with Gasteiger partial charge in [0.25, 0.3) is 10.0 Å². The summed E-state index contributed by atoms with van der Waals surface area (Å²) in [6.45, 7) is 4.39. The highest BCUT2D eigenvalue weighted by atomic mass is 79.9. The first kappa shape index (κ1) is 20.5. The quantitative estimate of drug-likeness (QED) is 0.681. The van der Waals surface area contributed by atoms with E-state index in [-0.39, 0.29) is 17.3 Å². The molecule has 0 aliphatic rings. The minimum atomic E-state index is -3.86. The fourth-order valence-electron chi connectivity index (χ4n) is 2.35. The number of sulfonamides is 1. The maximum Gasteiger partial charge on any atom is 0.264 e. The van der Waals surface area contributed by atoms with E-state index in [4.69, 9.17) is 0 Å². The van der Waals surface area contributed by atoms with Gasteiger partial charge in [0, 0.05) is 11.0 Å². The molecule has 0 saturated heterocycles. The predicted octanol–water partition coefficient (Wildman–Crippen LogP) is 3.81. The van der Waals surface area contributed by atoms with Crippen molar-refractivity contribution in [1.29, 1.82) is 0 Å². The van der Waals surface area contributed by atoms with Gasteiger partial charge in [-0.25, -0.2) is 8.42 Å². The van der Waals surface area contributed by atoms with Gasteiger partial charge >= 0.3 is 0 Å². The molecule has 0 heterocycles. The lowest BCUT2D eigenvalue weighted by atomic mass is 10.1. The fourth-order valence-corrected chi connectivity index (χ4v) is 4.17. The van der Waals surface area contributed by atoms with Gasteiger partial charge in [0.1, 0.15) is 6.54 Å². The molecular weight excluding hydrogens is 416 g/mol. The lowest BCUT2D eigenvalue weighted by Gasteiger charge is -2.24. The molecule has 0 bridgehead atoms. The molecule has 26 heavy (non-hydrogen) atoms. The number of amides is 1. The normalized spacial score (nSPS) is 11.4. The van der Waals surface area contributed by atoms with Crippen LogP contribution in [0.1, 0.15) is 20.3 Å². The maximum absolute atomic E-state index is 13.1. The van der Waals surface area contributed by atoms with Crippen molar-refractivity contribution in [3.8, 4) is 0 Å². The summed E-state index contributed by atoms with van der Waals surface area (Å²) < 4.78 is 28.1. The summed E-state index contributed by atoms with van der Waals surface area (Å²) in [7, 11) is -3.86. The van der Waals surface area contributed by atoms with Crippen molar-refractivity contribution in [2.75, 3.05) is 17.4 Å². The second-order valence-corrected chi connectivity index (χ2v) is 9.12. The van der Waals surface area contributed by atoms with Crippen molar-refractivity contribution in [1.82, 2.24) is 5.32 Å². The minimum Gasteiger partial charge on any atom is -0.355 e. The van der Waals surface area contributed by atoms with Crippen LogP contribution in [0.2, 0.25) is 0 Å². The van der Waals surface area contributed by atoms with Crippen LogP contribution in [0.5, 0.6) is 0 Å². The molecule has 2 rings (SSSR count). The minimum absolute atomic E-state index is 0.148. The third kappa shape index (κ3) is 5.57. The Labute approximate surface area is 163 Å². The molecule has 0 spiro atoms. The molecular formula is C19H23BrN2O3S. The maximum atomic E-state index is 13.1. The second kappa shape index (κ2) is 9.19. The van der Waals surface area contributed by atoms with Crippen molar-refractivity contribution in [3.63, 3.8) is 0 Å². The predicted molar refractivity (Wildman–Crippen MR) is 108 cm³/mol. The zero-order valence-electron chi connectivity index (χ0n) is 14.9. The summed E-state index contributed by atoms with van der Waals surface area (Å²) >= 11 is 3.36. The average molecular weight is 439 g/mol. The van der Waals surface area contributed by atoms with Gasteiger partial charge in [-0.3, -0.25) is 9.10 Å². The van der Waals surface area contributed by atoms with E-state index in [0.29, 0.717) is 18.2 Å². The smallest absolute Gasteiger partial charge is 0.264 e. The number of halogens is 1. The highest BCUT2D eigenvalue weighted by molar-refractivity contribution is 9.10. The summed E-state index contributed by atoms with van der Waals surface area (Å²) in [6, 6.07) is 15.0. The highest BCUT2D eigenvalue weighted by Crippen LogP contribution is 2.26. The Morgan fingerprint density at radius 1 is 1.12 bits per heavy atom. The molecule has 140 valence electrons. The number of anilines is 1. The number of carbonyl (C=O) groups is 1. The topological polar surface area (TPSA) is 66.5 Å². The zero-order chi connectivity index (χ0) is 19.2. The number of hydrogen-bond donors (Lipinski definition) is 1. The van der Waals surface area contributed by atoms with Gasteiger partial charge < -0.3 is 5.32 Å². The van der Waals surface area contributed by atoms with E-state index in [0.717, 1.165) is 15.2 Å². The van der Waals surface area contributed by atoms with Crippen molar-refractivity contribution in [2.45, 2.75) is 25.2 Å². The molecule has 0 atom stereocenters. The molecule has 2 aromatic carbocycles. The standard InChI is InChI=1S/C19H23BrN2O3S/c1-15(2)11-12-21-19(23)14-22(17-8-6-7-16(20)13-17)26(24,25)18-9-4-3-5-10-18/h3-10,13,15H,11-12,14H2,1-2H3,(H,21,23). The monoisotopic (exact) mass is 438 g/mol. The molecule has 0 radical (unpaired) electrons. The van der Waals surface area contributed by atoms with Gasteiger partial charge in [-0.1, -0.05) is 54.0 Å². The van der Waals surface area contributed by atoms with Crippen molar-refractivity contribution >= 4 is 37.5 Å². The van der Waals surface area contributed by atoms with Gasteiger partial charge in [0.15, 0.2) is 0 Å². The Morgan fingerprint density at radius 2 is 1.81 bits per heavy atom. The van der Waals surface area contributed by atoms with Crippen LogP contribution in [0.4, 0.5) is 5.69 Å². The third-order valence-corrected chi connectivity index (χ3v) is 6.04. The summed E-state index contributed by atoms with van der Waals surface area (Å²) in [4.78, 5) is 12.5. The summed E-state index contributed by atoms with van der Waals surface area (Å²) in [5.74, 6) is 0.134. The zero-order valence-corrected chi connectivity index (χ0v) is 17.3. The molecule has 1 N–H and O–H groups in total. The summed E-state index contributed by atoms with van der Waals surface area (Å²) in [5, 5.41) is 2.80. The number of rotatable bonds is 8. The number of benzene rings is 2. The number of nitrogens with zero attached hydrogens (tertiary/aromatic N) is 1. The van der Waals surface area contributed by atoms with E-state index in [1.165, 1.54) is 12.1 Å². The van der Waals surface area contributed by atoms with E-state index in [9.17, 15) is 13.2 Å². The van der Waals surface area contributed by atoms with E-state index < -0.39 is 10.0 Å². The van der Waals surface area contributed by atoms with E-state index >= 15 is 0 Å². The number of hydrogen-bond acceptors (Lipinski definition) is 3. The van der Waals surface area contributed by atoms with Gasteiger partial charge in [0.05, 0.1) is 10.6 Å². The molecule has 7 heteroatoms. The molecule has 1 amide bonds. The molecule has 0 aliphatic heterocycles. The van der Waals surface area contributed by atoms with Crippen LogP contribution in [0.3, 0.4) is 0 Å². The molecule has 2 aromatic rings. The number of carbonyl (C=O) groups excluding carboxylic acids is 1. The number of nitrogens with one attached hydrogen (secondary N) is 1. The van der Waals surface area contributed by atoms with Crippen LogP contribution in [0.25, 0.3) is 0 Å². The van der Waals surface area contributed by atoms with Gasteiger partial charge in [-0.15, -0.1) is 0 Å². The molecule has 0 unspecified atom stereocenters. The third-order valence-electron chi connectivity index (χ3n) is 3.76. The molecule has 5 nitrogen and oxygen atoms in total. The van der Waals surface area contributed by atoms with Gasteiger partial charge in [-0.05, 0) is 42.7 Å². The van der Waals surface area contributed by atoms with Crippen LogP contribution in [0.15, 0.2) is 64.0 Å². The van der Waals surface area contributed by atoms with Crippen LogP contribution in [-0.2, 0) is 14.8 Å². The van der Waals surface area contributed by atoms with Crippen molar-refractivity contribution in [2.24, 2.45) is 5.92 Å². The Bertz CT molecular complexity index is 839. The molecule has 0 aromatic heterocycles. The van der Waals surface area contributed by atoms with Crippen molar-refractivity contribution < 1.29 is 13.2 Å². The SMILES string of the molecule is CC(C)CCNC(=O)CN(c1cccc(Br)c1)S(=O)(=O)c1ccccc1. The van der Waals surface area contributed by atoms with Crippen LogP contribution in [0, 0.1) is 5.92 Å². The van der Waals surface area contributed by atoms with Crippen LogP contribution in [-0.4, -0.2) is 27.4 Å². The summed E-state index contributed by atoms with van der Waals surface area (Å²) in [6.07, 6.45) is 0.841. The van der Waals surface area contributed by atoms with Gasteiger partial charge in [-0.2, -0.15) is 0 Å². The fraction of sp³-hybridized carbons (Fsp3) is 0.316. The lowest BCUT2D eigenvalue weighted by molar-refractivity contribution is -0.119. The highest BCUT2D eigenvalue weighted by Gasteiger charge is 2.27. The van der Waals surface area contributed by atoms with Gasteiger partial charge in [0.2, 0.25) is 5.91 Å². The molecule has 0 fully saturated rings. The first-order valence-electron chi connectivity index (χ1n) is 8.41. The summed E-state index contributed by atoms with van der Waals surface area (Å²) in [5.41, 5.74) is 0.433. The van der Waals surface area contributed by atoms with Crippen LogP contribution < -0.4 is 9.62 Å². The Morgan fingerprint density at radius 3 is 2.42 bits per heavy atom. The van der Waals surface area contributed by atoms with Crippen LogP contribution >= 0.6 is 15.9 Å².